The number of pyridine rings is 1. The molecule has 3 aliphatic carbocycles. The Labute approximate surface area is 212 Å². The van der Waals surface area contributed by atoms with Crippen molar-refractivity contribution in [1.82, 2.24) is 25.1 Å². The molecule has 0 spiro atoms. The quantitative estimate of drug-likeness (QED) is 0.522. The van der Waals surface area contributed by atoms with Crippen LogP contribution >= 0.6 is 11.6 Å². The first-order chi connectivity index (χ1) is 17.4. The average Bonchev–Trinajstić information content (AvgIpc) is 3.30. The van der Waals surface area contributed by atoms with Crippen LogP contribution in [0.3, 0.4) is 0 Å². The molecule has 1 saturated heterocycles. The van der Waals surface area contributed by atoms with Gasteiger partial charge < -0.3 is 14.7 Å². The summed E-state index contributed by atoms with van der Waals surface area (Å²) in [5.74, 6) is 0.936. The van der Waals surface area contributed by atoms with Crippen LogP contribution in [0.2, 0.25) is 5.02 Å². The first kappa shape index (κ1) is 23.5. The van der Waals surface area contributed by atoms with E-state index in [4.69, 9.17) is 21.3 Å². The van der Waals surface area contributed by atoms with E-state index in [0.717, 1.165) is 0 Å². The minimum atomic E-state index is -1.08. The zero-order valence-electron chi connectivity index (χ0n) is 20.0. The van der Waals surface area contributed by atoms with Crippen molar-refractivity contribution in [2.45, 2.75) is 45.1 Å². The highest BCUT2D eigenvalue weighted by molar-refractivity contribution is 6.31. The highest BCUT2D eigenvalue weighted by Gasteiger charge is 2.42. The van der Waals surface area contributed by atoms with Crippen LogP contribution < -0.4 is 4.90 Å². The Bertz CT molecular complexity index is 1310. The minimum absolute atomic E-state index is 0.00375. The lowest BCUT2D eigenvalue weighted by atomic mass is 9.58. The normalized spacial score (nSPS) is 28.1. The van der Waals surface area contributed by atoms with Gasteiger partial charge in [-0.2, -0.15) is 5.10 Å². The molecule has 4 fully saturated rings. The summed E-state index contributed by atoms with van der Waals surface area (Å²) in [6.45, 7) is 2.79. The number of rotatable bonds is 5. The third-order valence-electron chi connectivity index (χ3n) is 8.41. The van der Waals surface area contributed by atoms with E-state index in [2.05, 4.69) is 27.1 Å². The second-order valence-electron chi connectivity index (χ2n) is 10.3. The summed E-state index contributed by atoms with van der Waals surface area (Å²) in [7, 11) is 0. The molecular weight excluding hydrogens is 487 g/mol. The molecule has 7 rings (SSSR count). The van der Waals surface area contributed by atoms with Crippen LogP contribution in [-0.4, -0.2) is 62.0 Å². The van der Waals surface area contributed by atoms with Gasteiger partial charge in [0.15, 0.2) is 29.2 Å². The van der Waals surface area contributed by atoms with Crippen molar-refractivity contribution in [2.24, 2.45) is 23.7 Å². The Balaban J connectivity index is 1.44. The van der Waals surface area contributed by atoms with Gasteiger partial charge in [-0.05, 0) is 61.8 Å². The van der Waals surface area contributed by atoms with E-state index in [1.807, 2.05) is 0 Å². The second-order valence-corrected chi connectivity index (χ2v) is 10.7. The van der Waals surface area contributed by atoms with Gasteiger partial charge in [0.05, 0.1) is 29.3 Å². The smallest absolute Gasteiger partial charge is 0.334 e. The van der Waals surface area contributed by atoms with Crippen molar-refractivity contribution in [3.63, 3.8) is 0 Å². The van der Waals surface area contributed by atoms with Gasteiger partial charge in [0, 0.05) is 12.7 Å². The Morgan fingerprint density at radius 3 is 2.81 bits per heavy atom. The largest absolute Gasteiger partial charge is 0.479 e. The number of carbonyl (C=O) groups is 1. The number of aromatic amines is 1. The maximum atomic E-state index is 16.1. The first-order valence-corrected chi connectivity index (χ1v) is 12.9. The predicted molar refractivity (Wildman–Crippen MR) is 131 cm³/mol. The van der Waals surface area contributed by atoms with Crippen LogP contribution in [0.4, 0.5) is 10.2 Å². The maximum Gasteiger partial charge on any atom is 0.334 e. The molecule has 36 heavy (non-hydrogen) atoms. The molecule has 9 nitrogen and oxygen atoms in total. The number of carboxylic acid groups (broad SMARTS) is 1. The van der Waals surface area contributed by atoms with Crippen molar-refractivity contribution in [2.75, 3.05) is 24.6 Å². The number of nitrogens with one attached hydrogen (secondary N) is 1. The van der Waals surface area contributed by atoms with Crippen molar-refractivity contribution in [3.8, 4) is 11.5 Å². The molecule has 3 unspecified atom stereocenters. The molecule has 2 N–H and O–H groups in total. The minimum Gasteiger partial charge on any atom is -0.479 e. The van der Waals surface area contributed by atoms with Gasteiger partial charge in [-0.1, -0.05) is 18.5 Å². The van der Waals surface area contributed by atoms with Gasteiger partial charge in [-0.15, -0.1) is 0 Å². The summed E-state index contributed by atoms with van der Waals surface area (Å²) in [6, 6.07) is 1.73. The molecular formula is C25H28ClFN6O3. The Morgan fingerprint density at radius 1 is 1.28 bits per heavy atom. The van der Waals surface area contributed by atoms with Gasteiger partial charge in [0.1, 0.15) is 5.69 Å². The van der Waals surface area contributed by atoms with Gasteiger partial charge in [0.2, 0.25) is 0 Å². The van der Waals surface area contributed by atoms with Crippen LogP contribution in [-0.2, 0) is 16.0 Å². The molecule has 3 atom stereocenters. The van der Waals surface area contributed by atoms with Crippen LogP contribution in [0.25, 0.3) is 22.6 Å². The number of anilines is 1. The molecule has 3 aromatic heterocycles. The monoisotopic (exact) mass is 514 g/mol. The van der Waals surface area contributed by atoms with Gasteiger partial charge >= 0.3 is 5.97 Å². The summed E-state index contributed by atoms with van der Waals surface area (Å²) < 4.78 is 21.5. The zero-order valence-corrected chi connectivity index (χ0v) is 20.7. The summed E-state index contributed by atoms with van der Waals surface area (Å²) in [6.07, 6.45) is 5.86. The predicted octanol–water partition coefficient (Wildman–Crippen LogP) is 4.11. The van der Waals surface area contributed by atoms with Crippen LogP contribution in [0.5, 0.6) is 0 Å². The van der Waals surface area contributed by atoms with Crippen LogP contribution in [0.15, 0.2) is 12.3 Å². The number of hydrogen-bond donors (Lipinski definition) is 2. The number of nitrogens with zero attached hydrogens (tertiary/aromatic N) is 5. The standard InChI is InChI=1S/C25H28ClFN6O3/c1-12-13-2-4-14(5-3-13)16(12)9-18-20(27)24(33-6-7-36-19(11-33)25(34)35)30-23(29-18)21-17-8-15(26)10-28-22(17)32-31-21/h8,10,12-14,16,19H,2-7,9,11H2,1H3,(H,34,35)(H,28,31,32). The molecule has 3 aromatic rings. The van der Waals surface area contributed by atoms with Crippen LogP contribution in [0.1, 0.15) is 38.3 Å². The Morgan fingerprint density at radius 2 is 2.06 bits per heavy atom. The lowest BCUT2D eigenvalue weighted by Gasteiger charge is -2.47. The second kappa shape index (κ2) is 9.23. The van der Waals surface area contributed by atoms with E-state index in [1.165, 1.54) is 31.9 Å². The van der Waals surface area contributed by atoms with E-state index < -0.39 is 17.9 Å². The van der Waals surface area contributed by atoms with Crippen molar-refractivity contribution >= 4 is 34.4 Å². The Hall–Kier alpha value is -2.85. The fraction of sp³-hybridized carbons (Fsp3) is 0.560. The molecule has 3 saturated carbocycles. The van der Waals surface area contributed by atoms with E-state index in [0.29, 0.717) is 69.9 Å². The van der Waals surface area contributed by atoms with Gasteiger partial charge in [0.25, 0.3) is 0 Å². The number of hydrogen-bond acceptors (Lipinski definition) is 7. The van der Waals surface area contributed by atoms with Crippen molar-refractivity contribution in [3.05, 3.63) is 28.8 Å². The SMILES string of the molecule is CC1C2CCC(CC2)C1Cc1nc(-c2[nH]nc3ncc(Cl)cc23)nc(N2CCOC(C(=O)O)C2)c1F. The number of fused-ring (bicyclic) bond motifs is 4. The number of ether oxygens (including phenoxy) is 1. The highest BCUT2D eigenvalue weighted by atomic mass is 35.5. The highest BCUT2D eigenvalue weighted by Crippen LogP contribution is 2.50. The molecule has 0 aromatic carbocycles. The molecule has 1 aliphatic heterocycles. The number of aliphatic carboxylic acids is 1. The van der Waals surface area contributed by atoms with E-state index >= 15 is 4.39 Å². The summed E-state index contributed by atoms with van der Waals surface area (Å²) in [5, 5.41) is 17.7. The topological polar surface area (TPSA) is 117 Å². The molecule has 4 aliphatic rings. The molecule has 190 valence electrons. The lowest BCUT2D eigenvalue weighted by molar-refractivity contribution is -0.150. The third-order valence-corrected chi connectivity index (χ3v) is 8.62. The van der Waals surface area contributed by atoms with Gasteiger partial charge in [-0.3, -0.25) is 5.10 Å². The maximum absolute atomic E-state index is 16.1. The molecule has 4 heterocycles. The Kier molecular flexibility index (Phi) is 6.03. The van der Waals surface area contributed by atoms with Crippen LogP contribution in [0, 0.1) is 29.5 Å². The van der Waals surface area contributed by atoms with Crippen molar-refractivity contribution < 1.29 is 19.0 Å². The molecule has 0 radical (unpaired) electrons. The average molecular weight is 515 g/mol. The summed E-state index contributed by atoms with van der Waals surface area (Å²) >= 11 is 6.19. The molecule has 0 amide bonds. The first-order valence-electron chi connectivity index (χ1n) is 12.5. The van der Waals surface area contributed by atoms with Crippen molar-refractivity contribution in [1.29, 1.82) is 0 Å². The third kappa shape index (κ3) is 4.10. The van der Waals surface area contributed by atoms with E-state index in [9.17, 15) is 9.90 Å². The van der Waals surface area contributed by atoms with E-state index in [1.54, 1.807) is 11.0 Å². The number of H-pyrrole nitrogens is 1. The number of carboxylic acids is 1. The molecule has 11 heteroatoms. The fourth-order valence-electron chi connectivity index (χ4n) is 6.43. The molecule has 2 bridgehead atoms. The number of halogens is 2. The summed E-state index contributed by atoms with van der Waals surface area (Å²) in [4.78, 5) is 26.8. The zero-order chi connectivity index (χ0) is 25.0. The number of aromatic nitrogens is 5. The van der Waals surface area contributed by atoms with Gasteiger partial charge in [-0.25, -0.2) is 24.1 Å². The lowest BCUT2D eigenvalue weighted by Crippen LogP contribution is -2.47. The fourth-order valence-corrected chi connectivity index (χ4v) is 6.58. The number of morpholine rings is 1. The summed E-state index contributed by atoms with van der Waals surface area (Å²) in [5.41, 5.74) is 1.32. The van der Waals surface area contributed by atoms with E-state index in [-0.39, 0.29) is 19.0 Å².